The molecule has 6 nitrogen and oxygen atoms in total. The monoisotopic (exact) mass is 331 g/mol. The molecule has 24 heavy (non-hydrogen) atoms. The molecule has 0 spiro atoms. The van der Waals surface area contributed by atoms with Crippen LogP contribution in [0.3, 0.4) is 0 Å². The van der Waals surface area contributed by atoms with E-state index in [1.54, 1.807) is 12.1 Å². The maximum absolute atomic E-state index is 12.5. The summed E-state index contributed by atoms with van der Waals surface area (Å²) in [4.78, 5) is 26.5. The third kappa shape index (κ3) is 3.94. The first-order valence-electron chi connectivity index (χ1n) is 8.67. The highest BCUT2D eigenvalue weighted by atomic mass is 16.5. The minimum atomic E-state index is -0.339. The molecule has 6 heteroatoms. The summed E-state index contributed by atoms with van der Waals surface area (Å²) in [6.45, 7) is 1.79. The molecule has 2 fully saturated rings. The normalized spacial score (nSPS) is 24.8. The van der Waals surface area contributed by atoms with Gasteiger partial charge >= 0.3 is 0 Å². The molecule has 2 saturated heterocycles. The Hall–Kier alpha value is -1.92. The van der Waals surface area contributed by atoms with E-state index >= 15 is 0 Å². The molecule has 3 rings (SSSR count). The van der Waals surface area contributed by atoms with Crippen LogP contribution in [0.1, 0.15) is 36.0 Å². The molecule has 0 unspecified atom stereocenters. The molecule has 1 aromatic carbocycles. The van der Waals surface area contributed by atoms with Crippen molar-refractivity contribution in [2.24, 2.45) is 5.73 Å². The van der Waals surface area contributed by atoms with Crippen LogP contribution in [0.5, 0.6) is 0 Å². The SMILES string of the molecule is NC[C@H]1CC[C@@H](C(=O)N2CCC(NC(=O)c3ccccc3)CC2)O1. The molecule has 3 N–H and O–H groups in total. The van der Waals surface area contributed by atoms with E-state index in [1.165, 1.54) is 0 Å². The maximum Gasteiger partial charge on any atom is 0.251 e. The van der Waals surface area contributed by atoms with Gasteiger partial charge in [0.2, 0.25) is 0 Å². The number of nitrogens with two attached hydrogens (primary N) is 1. The van der Waals surface area contributed by atoms with E-state index in [9.17, 15) is 9.59 Å². The van der Waals surface area contributed by atoms with Crippen LogP contribution in [-0.2, 0) is 9.53 Å². The zero-order chi connectivity index (χ0) is 16.9. The highest BCUT2D eigenvalue weighted by molar-refractivity contribution is 5.94. The molecule has 130 valence electrons. The van der Waals surface area contributed by atoms with E-state index in [4.69, 9.17) is 10.5 Å². The number of nitrogens with one attached hydrogen (secondary N) is 1. The fraction of sp³-hybridized carbons (Fsp3) is 0.556. The predicted octanol–water partition coefficient (Wildman–Crippen LogP) is 0.914. The number of carbonyl (C=O) groups excluding carboxylic acids is 2. The van der Waals surface area contributed by atoms with Gasteiger partial charge in [-0.15, -0.1) is 0 Å². The highest BCUT2D eigenvalue weighted by Crippen LogP contribution is 2.22. The van der Waals surface area contributed by atoms with Crippen molar-refractivity contribution in [2.45, 2.75) is 43.9 Å². The molecule has 0 bridgehead atoms. The van der Waals surface area contributed by atoms with E-state index in [1.807, 2.05) is 23.1 Å². The van der Waals surface area contributed by atoms with E-state index in [0.29, 0.717) is 25.2 Å². The average Bonchev–Trinajstić information content (AvgIpc) is 3.11. The molecule has 1 aromatic rings. The number of carbonyl (C=O) groups is 2. The second-order valence-corrected chi connectivity index (χ2v) is 6.50. The molecule has 0 aliphatic carbocycles. The molecule has 2 aliphatic rings. The quantitative estimate of drug-likeness (QED) is 0.859. The fourth-order valence-electron chi connectivity index (χ4n) is 3.37. The predicted molar refractivity (Wildman–Crippen MR) is 90.5 cm³/mol. The third-order valence-electron chi connectivity index (χ3n) is 4.82. The van der Waals surface area contributed by atoms with Gasteiger partial charge in [-0.3, -0.25) is 9.59 Å². The van der Waals surface area contributed by atoms with Crippen LogP contribution in [0.25, 0.3) is 0 Å². The van der Waals surface area contributed by atoms with Gasteiger partial charge in [0.25, 0.3) is 11.8 Å². The first-order valence-corrected chi connectivity index (χ1v) is 8.67. The van der Waals surface area contributed by atoms with Crippen molar-refractivity contribution in [3.8, 4) is 0 Å². The van der Waals surface area contributed by atoms with Crippen LogP contribution in [0.4, 0.5) is 0 Å². The number of nitrogens with zero attached hydrogens (tertiary/aromatic N) is 1. The second kappa shape index (κ2) is 7.77. The van der Waals surface area contributed by atoms with Gasteiger partial charge in [0.05, 0.1) is 6.10 Å². The number of amides is 2. The summed E-state index contributed by atoms with van der Waals surface area (Å²) in [5.74, 6) is 0.0177. The van der Waals surface area contributed by atoms with Gasteiger partial charge in [0, 0.05) is 31.2 Å². The third-order valence-corrected chi connectivity index (χ3v) is 4.82. The lowest BCUT2D eigenvalue weighted by Gasteiger charge is -2.33. The Morgan fingerprint density at radius 3 is 2.46 bits per heavy atom. The molecular weight excluding hydrogens is 306 g/mol. The number of benzene rings is 1. The standard InChI is InChI=1S/C18H25N3O3/c19-12-15-6-7-16(24-15)18(23)21-10-8-14(9-11-21)20-17(22)13-4-2-1-3-5-13/h1-5,14-16H,6-12,19H2,(H,20,22)/t15-,16+/m1/s1. The number of likely N-dealkylation sites (tertiary alicyclic amines) is 1. The van der Waals surface area contributed by atoms with Gasteiger partial charge in [-0.2, -0.15) is 0 Å². The number of hydrogen-bond acceptors (Lipinski definition) is 4. The smallest absolute Gasteiger partial charge is 0.251 e. The largest absolute Gasteiger partial charge is 0.364 e. The van der Waals surface area contributed by atoms with Crippen LogP contribution in [0, 0.1) is 0 Å². The summed E-state index contributed by atoms with van der Waals surface area (Å²) in [5.41, 5.74) is 6.27. The minimum absolute atomic E-state index is 0.0154. The summed E-state index contributed by atoms with van der Waals surface area (Å²) < 4.78 is 5.69. The molecule has 0 saturated carbocycles. The molecule has 2 atom stereocenters. The molecule has 0 aromatic heterocycles. The van der Waals surface area contributed by atoms with Gasteiger partial charge in [0.15, 0.2) is 0 Å². The van der Waals surface area contributed by atoms with Crippen LogP contribution < -0.4 is 11.1 Å². The Labute approximate surface area is 142 Å². The Bertz CT molecular complexity index is 570. The van der Waals surface area contributed by atoms with Crippen molar-refractivity contribution in [3.63, 3.8) is 0 Å². The lowest BCUT2D eigenvalue weighted by Crippen LogP contribution is -2.49. The number of piperidine rings is 1. The molecule has 2 amide bonds. The highest BCUT2D eigenvalue weighted by Gasteiger charge is 2.34. The summed E-state index contributed by atoms with van der Waals surface area (Å²) in [7, 11) is 0. The van der Waals surface area contributed by atoms with Crippen molar-refractivity contribution in [3.05, 3.63) is 35.9 Å². The summed E-state index contributed by atoms with van der Waals surface area (Å²) in [6.07, 6.45) is 2.84. The molecule has 2 aliphatic heterocycles. The Morgan fingerprint density at radius 2 is 1.83 bits per heavy atom. The number of rotatable bonds is 4. The lowest BCUT2D eigenvalue weighted by molar-refractivity contribution is -0.143. The van der Waals surface area contributed by atoms with Crippen molar-refractivity contribution in [1.29, 1.82) is 0 Å². The minimum Gasteiger partial charge on any atom is -0.364 e. The van der Waals surface area contributed by atoms with Crippen LogP contribution >= 0.6 is 0 Å². The van der Waals surface area contributed by atoms with E-state index in [-0.39, 0.29) is 30.1 Å². The van der Waals surface area contributed by atoms with E-state index < -0.39 is 0 Å². The maximum atomic E-state index is 12.5. The number of hydrogen-bond donors (Lipinski definition) is 2. The molecule has 2 heterocycles. The zero-order valence-electron chi connectivity index (χ0n) is 13.8. The second-order valence-electron chi connectivity index (χ2n) is 6.50. The Morgan fingerprint density at radius 1 is 1.12 bits per heavy atom. The summed E-state index contributed by atoms with van der Waals surface area (Å²) in [6, 6.07) is 9.32. The number of ether oxygens (including phenoxy) is 1. The van der Waals surface area contributed by atoms with Crippen molar-refractivity contribution >= 4 is 11.8 Å². The average molecular weight is 331 g/mol. The van der Waals surface area contributed by atoms with Crippen molar-refractivity contribution in [1.82, 2.24) is 10.2 Å². The summed E-state index contributed by atoms with van der Waals surface area (Å²) in [5, 5.41) is 3.06. The Balaban J connectivity index is 1.46. The van der Waals surface area contributed by atoms with E-state index in [2.05, 4.69) is 5.32 Å². The first-order chi connectivity index (χ1) is 11.7. The van der Waals surface area contributed by atoms with Gasteiger partial charge in [-0.1, -0.05) is 18.2 Å². The lowest BCUT2D eigenvalue weighted by atomic mass is 10.0. The molecule has 0 radical (unpaired) electrons. The van der Waals surface area contributed by atoms with Gasteiger partial charge in [-0.25, -0.2) is 0 Å². The first kappa shape index (κ1) is 16.9. The van der Waals surface area contributed by atoms with Crippen molar-refractivity contribution in [2.75, 3.05) is 19.6 Å². The van der Waals surface area contributed by atoms with Crippen LogP contribution in [0.15, 0.2) is 30.3 Å². The topological polar surface area (TPSA) is 84.7 Å². The van der Waals surface area contributed by atoms with Crippen LogP contribution in [-0.4, -0.2) is 54.6 Å². The van der Waals surface area contributed by atoms with Crippen LogP contribution in [0.2, 0.25) is 0 Å². The van der Waals surface area contributed by atoms with Gasteiger partial charge < -0.3 is 20.7 Å². The van der Waals surface area contributed by atoms with Crippen molar-refractivity contribution < 1.29 is 14.3 Å². The molecular formula is C18H25N3O3. The zero-order valence-corrected chi connectivity index (χ0v) is 13.8. The van der Waals surface area contributed by atoms with Gasteiger partial charge in [-0.05, 0) is 37.8 Å². The Kier molecular flexibility index (Phi) is 5.48. The fourth-order valence-corrected chi connectivity index (χ4v) is 3.37. The van der Waals surface area contributed by atoms with Gasteiger partial charge in [0.1, 0.15) is 6.10 Å². The van der Waals surface area contributed by atoms with E-state index in [0.717, 1.165) is 25.7 Å². The summed E-state index contributed by atoms with van der Waals surface area (Å²) >= 11 is 0.